The third kappa shape index (κ3) is 3.22. The second kappa shape index (κ2) is 6.52. The van der Waals surface area contributed by atoms with Crippen LogP contribution in [-0.2, 0) is 0 Å². The SMILES string of the molecule is CC1CN(C(=O)Oc2ccccc2)CCN1c1ccccc1. The smallest absolute Gasteiger partial charge is 0.410 e. The normalized spacial score (nSPS) is 18.1. The Labute approximate surface area is 130 Å². The van der Waals surface area contributed by atoms with E-state index in [1.54, 1.807) is 17.0 Å². The monoisotopic (exact) mass is 296 g/mol. The van der Waals surface area contributed by atoms with Crippen molar-refractivity contribution in [1.82, 2.24) is 4.90 Å². The molecule has 1 aliphatic rings. The molecule has 2 aromatic rings. The van der Waals surface area contributed by atoms with Gasteiger partial charge in [-0.2, -0.15) is 0 Å². The molecule has 0 bridgehead atoms. The molecule has 4 nitrogen and oxygen atoms in total. The lowest BCUT2D eigenvalue weighted by molar-refractivity contribution is 0.143. The van der Waals surface area contributed by atoms with Crippen molar-refractivity contribution in [2.75, 3.05) is 24.5 Å². The lowest BCUT2D eigenvalue weighted by Gasteiger charge is -2.40. The molecule has 0 aromatic heterocycles. The van der Waals surface area contributed by atoms with Crippen molar-refractivity contribution in [3.05, 3.63) is 60.7 Å². The number of hydrogen-bond acceptors (Lipinski definition) is 3. The minimum atomic E-state index is -0.272. The van der Waals surface area contributed by atoms with Crippen LogP contribution in [0.3, 0.4) is 0 Å². The summed E-state index contributed by atoms with van der Waals surface area (Å²) in [6.45, 7) is 4.29. The molecule has 114 valence electrons. The number of benzene rings is 2. The topological polar surface area (TPSA) is 32.8 Å². The zero-order valence-corrected chi connectivity index (χ0v) is 12.7. The summed E-state index contributed by atoms with van der Waals surface area (Å²) in [7, 11) is 0. The molecular weight excluding hydrogens is 276 g/mol. The molecule has 1 aliphatic heterocycles. The number of nitrogens with zero attached hydrogens (tertiary/aromatic N) is 2. The molecule has 1 atom stereocenters. The van der Waals surface area contributed by atoms with Crippen LogP contribution in [0.5, 0.6) is 5.75 Å². The van der Waals surface area contributed by atoms with Gasteiger partial charge in [0.05, 0.1) is 0 Å². The lowest BCUT2D eigenvalue weighted by Crippen LogP contribution is -2.54. The number of carbonyl (C=O) groups is 1. The van der Waals surface area contributed by atoms with Gasteiger partial charge in [0, 0.05) is 31.4 Å². The van der Waals surface area contributed by atoms with Crippen molar-refractivity contribution in [3.8, 4) is 5.75 Å². The van der Waals surface area contributed by atoms with Gasteiger partial charge >= 0.3 is 6.09 Å². The van der Waals surface area contributed by atoms with Gasteiger partial charge in [-0.25, -0.2) is 4.79 Å². The van der Waals surface area contributed by atoms with Crippen molar-refractivity contribution >= 4 is 11.8 Å². The highest BCUT2D eigenvalue weighted by Crippen LogP contribution is 2.21. The van der Waals surface area contributed by atoms with Crippen LogP contribution in [0.4, 0.5) is 10.5 Å². The Balaban J connectivity index is 1.61. The van der Waals surface area contributed by atoms with Crippen LogP contribution in [0.15, 0.2) is 60.7 Å². The van der Waals surface area contributed by atoms with E-state index in [0.717, 1.165) is 6.54 Å². The van der Waals surface area contributed by atoms with E-state index in [9.17, 15) is 4.79 Å². The molecule has 0 N–H and O–H groups in total. The van der Waals surface area contributed by atoms with Gasteiger partial charge in [0.15, 0.2) is 0 Å². The van der Waals surface area contributed by atoms with Crippen LogP contribution < -0.4 is 9.64 Å². The highest BCUT2D eigenvalue weighted by Gasteiger charge is 2.27. The quantitative estimate of drug-likeness (QED) is 0.851. The molecule has 4 heteroatoms. The maximum atomic E-state index is 12.2. The van der Waals surface area contributed by atoms with E-state index in [1.807, 2.05) is 36.4 Å². The van der Waals surface area contributed by atoms with Gasteiger partial charge in [-0.05, 0) is 31.2 Å². The number of hydrogen-bond donors (Lipinski definition) is 0. The molecule has 0 radical (unpaired) electrons. The average molecular weight is 296 g/mol. The van der Waals surface area contributed by atoms with Gasteiger partial charge in [0.1, 0.15) is 5.75 Å². The molecule has 1 amide bonds. The number of carbonyl (C=O) groups excluding carboxylic acids is 1. The number of para-hydroxylation sites is 2. The van der Waals surface area contributed by atoms with E-state index < -0.39 is 0 Å². The molecule has 2 aromatic carbocycles. The minimum absolute atomic E-state index is 0.263. The summed E-state index contributed by atoms with van der Waals surface area (Å²) < 4.78 is 5.41. The largest absolute Gasteiger partial charge is 0.415 e. The van der Waals surface area contributed by atoms with E-state index in [2.05, 4.69) is 24.0 Å². The van der Waals surface area contributed by atoms with Crippen LogP contribution in [0.2, 0.25) is 0 Å². The van der Waals surface area contributed by atoms with Crippen LogP contribution in [0.1, 0.15) is 6.92 Å². The molecule has 1 heterocycles. The van der Waals surface area contributed by atoms with Crippen LogP contribution >= 0.6 is 0 Å². The van der Waals surface area contributed by atoms with E-state index in [4.69, 9.17) is 4.74 Å². The highest BCUT2D eigenvalue weighted by molar-refractivity contribution is 5.71. The predicted octanol–water partition coefficient (Wildman–Crippen LogP) is 3.40. The van der Waals surface area contributed by atoms with Gasteiger partial charge in [-0.3, -0.25) is 0 Å². The van der Waals surface area contributed by atoms with Gasteiger partial charge in [-0.15, -0.1) is 0 Å². The van der Waals surface area contributed by atoms with E-state index in [0.29, 0.717) is 18.8 Å². The first-order chi connectivity index (χ1) is 10.7. The molecule has 3 rings (SSSR count). The predicted molar refractivity (Wildman–Crippen MR) is 87.3 cm³/mol. The number of rotatable bonds is 2. The Bertz CT molecular complexity index is 615. The van der Waals surface area contributed by atoms with Crippen LogP contribution in [-0.4, -0.2) is 36.7 Å². The fourth-order valence-corrected chi connectivity index (χ4v) is 2.78. The van der Waals surface area contributed by atoms with Gasteiger partial charge in [0.2, 0.25) is 0 Å². The number of anilines is 1. The highest BCUT2D eigenvalue weighted by atomic mass is 16.6. The second-order valence-corrected chi connectivity index (χ2v) is 5.51. The summed E-state index contributed by atoms with van der Waals surface area (Å²) >= 11 is 0. The summed E-state index contributed by atoms with van der Waals surface area (Å²) in [5, 5.41) is 0. The zero-order chi connectivity index (χ0) is 15.4. The van der Waals surface area contributed by atoms with E-state index >= 15 is 0 Å². The second-order valence-electron chi connectivity index (χ2n) is 5.51. The molecule has 0 spiro atoms. The summed E-state index contributed by atoms with van der Waals surface area (Å²) in [6.07, 6.45) is -0.272. The maximum absolute atomic E-state index is 12.2. The summed E-state index contributed by atoms with van der Waals surface area (Å²) in [4.78, 5) is 16.3. The summed E-state index contributed by atoms with van der Waals surface area (Å²) in [5.74, 6) is 0.589. The van der Waals surface area contributed by atoms with Crippen molar-refractivity contribution in [3.63, 3.8) is 0 Å². The third-order valence-corrected chi connectivity index (χ3v) is 3.92. The first-order valence-electron chi connectivity index (χ1n) is 7.57. The van der Waals surface area contributed by atoms with Crippen molar-refractivity contribution < 1.29 is 9.53 Å². The van der Waals surface area contributed by atoms with Crippen molar-refractivity contribution in [2.45, 2.75) is 13.0 Å². The van der Waals surface area contributed by atoms with Gasteiger partial charge in [-0.1, -0.05) is 36.4 Å². The molecule has 0 saturated carbocycles. The first-order valence-corrected chi connectivity index (χ1v) is 7.57. The van der Waals surface area contributed by atoms with Crippen molar-refractivity contribution in [1.29, 1.82) is 0 Å². The molecule has 22 heavy (non-hydrogen) atoms. The fourth-order valence-electron chi connectivity index (χ4n) is 2.78. The third-order valence-electron chi connectivity index (χ3n) is 3.92. The zero-order valence-electron chi connectivity index (χ0n) is 12.7. The standard InChI is InChI=1S/C18H20N2O2/c1-15-14-19(18(21)22-17-10-6-3-7-11-17)12-13-20(15)16-8-4-2-5-9-16/h2-11,15H,12-14H2,1H3. The molecule has 0 aliphatic carbocycles. The number of piperazine rings is 1. The Morgan fingerprint density at radius 1 is 1.00 bits per heavy atom. The Morgan fingerprint density at radius 3 is 2.27 bits per heavy atom. The Morgan fingerprint density at radius 2 is 1.64 bits per heavy atom. The molecule has 1 saturated heterocycles. The van der Waals surface area contributed by atoms with E-state index in [1.165, 1.54) is 5.69 Å². The number of amides is 1. The van der Waals surface area contributed by atoms with Crippen LogP contribution in [0, 0.1) is 0 Å². The minimum Gasteiger partial charge on any atom is -0.410 e. The molecular formula is C18H20N2O2. The average Bonchev–Trinajstić information content (AvgIpc) is 2.56. The lowest BCUT2D eigenvalue weighted by atomic mass is 10.1. The fraction of sp³-hybridized carbons (Fsp3) is 0.278. The van der Waals surface area contributed by atoms with Crippen LogP contribution in [0.25, 0.3) is 0 Å². The van der Waals surface area contributed by atoms with Crippen molar-refractivity contribution in [2.24, 2.45) is 0 Å². The summed E-state index contributed by atoms with van der Waals surface area (Å²) in [5.41, 5.74) is 1.20. The Hall–Kier alpha value is -2.49. The van der Waals surface area contributed by atoms with E-state index in [-0.39, 0.29) is 12.1 Å². The summed E-state index contributed by atoms with van der Waals surface area (Å²) in [6, 6.07) is 19.8. The maximum Gasteiger partial charge on any atom is 0.415 e. The van der Waals surface area contributed by atoms with Gasteiger partial charge in [0.25, 0.3) is 0 Å². The Kier molecular flexibility index (Phi) is 4.28. The molecule has 1 unspecified atom stereocenters. The number of ether oxygens (including phenoxy) is 1. The molecule has 1 fully saturated rings. The first kappa shape index (κ1) is 14.4. The van der Waals surface area contributed by atoms with Gasteiger partial charge < -0.3 is 14.5 Å².